The molecule has 1 unspecified atom stereocenters. The Kier molecular flexibility index (Phi) is 5.01. The Morgan fingerprint density at radius 3 is 2.35 bits per heavy atom. The number of carbonyl (C=O) groups is 1. The van der Waals surface area contributed by atoms with Gasteiger partial charge in [0.05, 0.1) is 5.56 Å². The first-order chi connectivity index (χ1) is 9.58. The number of nitrogens with one attached hydrogen (secondary N) is 1. The van der Waals surface area contributed by atoms with Crippen LogP contribution < -0.4 is 10.1 Å². The highest BCUT2D eigenvalue weighted by Crippen LogP contribution is 2.27. The quantitative estimate of drug-likeness (QED) is 0.869. The van der Waals surface area contributed by atoms with Gasteiger partial charge < -0.3 is 15.2 Å². The number of ether oxygens (including phenoxy) is 1. The summed E-state index contributed by atoms with van der Waals surface area (Å²) in [6, 6.07) is 6.69. The van der Waals surface area contributed by atoms with Crippen molar-refractivity contribution >= 4 is 5.97 Å². The molecule has 110 valence electrons. The molecule has 1 aliphatic rings. The Morgan fingerprint density at radius 1 is 1.25 bits per heavy atom. The van der Waals surface area contributed by atoms with Crippen molar-refractivity contribution < 1.29 is 14.6 Å². The molecule has 4 nitrogen and oxygen atoms in total. The molecule has 0 bridgehead atoms. The molecule has 0 saturated carbocycles. The van der Waals surface area contributed by atoms with E-state index in [4.69, 9.17) is 9.84 Å². The molecule has 0 aromatic heterocycles. The average Bonchev–Trinajstić information content (AvgIpc) is 2.46. The van der Waals surface area contributed by atoms with Gasteiger partial charge in [0.15, 0.2) is 0 Å². The van der Waals surface area contributed by atoms with E-state index in [9.17, 15) is 4.79 Å². The standard InChI is InChI=1S/C16H23NO3/c1-11(2)15(12-7-9-17-10-8-12)20-14-5-3-13(4-6-14)16(18)19/h3-6,11-12,15,17H,7-10H2,1-2H3,(H,18,19). The van der Waals surface area contributed by atoms with Crippen LogP contribution in [0.25, 0.3) is 0 Å². The van der Waals surface area contributed by atoms with E-state index in [1.54, 1.807) is 24.3 Å². The Hall–Kier alpha value is -1.55. The van der Waals surface area contributed by atoms with Crippen LogP contribution in [0, 0.1) is 11.8 Å². The summed E-state index contributed by atoms with van der Waals surface area (Å²) in [6.07, 6.45) is 2.46. The maximum Gasteiger partial charge on any atom is 0.335 e. The van der Waals surface area contributed by atoms with Gasteiger partial charge in [-0.15, -0.1) is 0 Å². The van der Waals surface area contributed by atoms with Crippen LogP contribution in [0.2, 0.25) is 0 Å². The van der Waals surface area contributed by atoms with Gasteiger partial charge in [-0.25, -0.2) is 4.79 Å². The van der Waals surface area contributed by atoms with E-state index in [2.05, 4.69) is 19.2 Å². The van der Waals surface area contributed by atoms with Crippen molar-refractivity contribution in [3.8, 4) is 5.75 Å². The molecule has 2 N–H and O–H groups in total. The molecule has 1 aromatic rings. The van der Waals surface area contributed by atoms with Crippen LogP contribution in [0.15, 0.2) is 24.3 Å². The third-order valence-corrected chi connectivity index (χ3v) is 3.88. The SMILES string of the molecule is CC(C)C(Oc1ccc(C(=O)O)cc1)C1CCNCC1. The lowest BCUT2D eigenvalue weighted by atomic mass is 9.86. The topological polar surface area (TPSA) is 58.6 Å². The molecule has 1 aliphatic heterocycles. The first-order valence-corrected chi connectivity index (χ1v) is 7.28. The number of hydrogen-bond donors (Lipinski definition) is 2. The van der Waals surface area contributed by atoms with Crippen molar-refractivity contribution in [1.82, 2.24) is 5.32 Å². The number of aromatic carboxylic acids is 1. The van der Waals surface area contributed by atoms with Gasteiger partial charge in [-0.05, 0) is 62.0 Å². The van der Waals surface area contributed by atoms with Crippen LogP contribution in [0.1, 0.15) is 37.0 Å². The fourth-order valence-corrected chi connectivity index (χ4v) is 2.78. The van der Waals surface area contributed by atoms with Crippen molar-refractivity contribution in [1.29, 1.82) is 0 Å². The van der Waals surface area contributed by atoms with Crippen molar-refractivity contribution in [3.05, 3.63) is 29.8 Å². The Balaban J connectivity index is 2.05. The summed E-state index contributed by atoms with van der Waals surface area (Å²) in [5.41, 5.74) is 0.292. The van der Waals surface area contributed by atoms with Crippen molar-refractivity contribution in [2.45, 2.75) is 32.8 Å². The van der Waals surface area contributed by atoms with E-state index in [1.807, 2.05) is 0 Å². The normalized spacial score (nSPS) is 17.9. The monoisotopic (exact) mass is 277 g/mol. The first-order valence-electron chi connectivity index (χ1n) is 7.28. The number of carboxylic acid groups (broad SMARTS) is 1. The van der Waals surface area contributed by atoms with Crippen molar-refractivity contribution in [3.63, 3.8) is 0 Å². The van der Waals surface area contributed by atoms with Crippen molar-refractivity contribution in [2.75, 3.05) is 13.1 Å². The van der Waals surface area contributed by atoms with Gasteiger partial charge in [-0.3, -0.25) is 0 Å². The summed E-state index contributed by atoms with van der Waals surface area (Å²) in [5.74, 6) is 0.857. The molecular weight excluding hydrogens is 254 g/mol. The van der Waals surface area contributed by atoms with Crippen molar-refractivity contribution in [2.24, 2.45) is 11.8 Å². The third-order valence-electron chi connectivity index (χ3n) is 3.88. The van der Waals surface area contributed by atoms with Gasteiger partial charge in [0.25, 0.3) is 0 Å². The highest BCUT2D eigenvalue weighted by Gasteiger charge is 2.27. The highest BCUT2D eigenvalue weighted by molar-refractivity contribution is 5.87. The molecule has 1 heterocycles. The summed E-state index contributed by atoms with van der Waals surface area (Å²) in [5, 5.41) is 12.3. The van der Waals surface area contributed by atoms with Gasteiger partial charge in [0.2, 0.25) is 0 Å². The molecule has 0 spiro atoms. The molecule has 1 atom stereocenters. The largest absolute Gasteiger partial charge is 0.490 e. The predicted octanol–water partition coefficient (Wildman–Crippen LogP) is 2.79. The minimum Gasteiger partial charge on any atom is -0.490 e. The molecule has 0 amide bonds. The number of hydrogen-bond acceptors (Lipinski definition) is 3. The van der Waals surface area contributed by atoms with Crippen LogP contribution in [-0.2, 0) is 0 Å². The second kappa shape index (κ2) is 6.75. The summed E-state index contributed by atoms with van der Waals surface area (Å²) in [4.78, 5) is 10.8. The van der Waals surface area contributed by atoms with Crippen LogP contribution in [0.3, 0.4) is 0 Å². The zero-order chi connectivity index (χ0) is 14.5. The second-order valence-electron chi connectivity index (χ2n) is 5.74. The van der Waals surface area contributed by atoms with E-state index < -0.39 is 5.97 Å². The molecule has 20 heavy (non-hydrogen) atoms. The van der Waals surface area contributed by atoms with E-state index in [1.165, 1.54) is 0 Å². The van der Waals surface area contributed by atoms with Crippen LogP contribution in [0.4, 0.5) is 0 Å². The molecule has 0 aliphatic carbocycles. The Labute approximate surface area is 120 Å². The lowest BCUT2D eigenvalue weighted by molar-refractivity contribution is 0.0692. The molecular formula is C16H23NO3. The summed E-state index contributed by atoms with van der Waals surface area (Å²) in [7, 11) is 0. The lowest BCUT2D eigenvalue weighted by Gasteiger charge is -2.33. The molecule has 2 rings (SSSR count). The molecule has 0 radical (unpaired) electrons. The minimum atomic E-state index is -0.907. The molecule has 1 aromatic carbocycles. The van der Waals surface area contributed by atoms with Crippen LogP contribution in [-0.4, -0.2) is 30.3 Å². The average molecular weight is 277 g/mol. The number of piperidine rings is 1. The van der Waals surface area contributed by atoms with Gasteiger partial charge in [0.1, 0.15) is 11.9 Å². The fraction of sp³-hybridized carbons (Fsp3) is 0.562. The molecule has 1 saturated heterocycles. The van der Waals surface area contributed by atoms with Crippen LogP contribution >= 0.6 is 0 Å². The summed E-state index contributed by atoms with van der Waals surface area (Å²) < 4.78 is 6.13. The molecule has 1 fully saturated rings. The third kappa shape index (κ3) is 3.73. The summed E-state index contributed by atoms with van der Waals surface area (Å²) in [6.45, 7) is 6.46. The maximum atomic E-state index is 10.8. The van der Waals surface area contributed by atoms with Gasteiger partial charge in [-0.1, -0.05) is 13.8 Å². The summed E-state index contributed by atoms with van der Waals surface area (Å²) >= 11 is 0. The lowest BCUT2D eigenvalue weighted by Crippen LogP contribution is -2.39. The Morgan fingerprint density at radius 2 is 1.85 bits per heavy atom. The minimum absolute atomic E-state index is 0.188. The highest BCUT2D eigenvalue weighted by atomic mass is 16.5. The number of carboxylic acids is 1. The fourth-order valence-electron chi connectivity index (χ4n) is 2.78. The zero-order valence-electron chi connectivity index (χ0n) is 12.1. The first kappa shape index (κ1) is 14.9. The van der Waals surface area contributed by atoms with Gasteiger partial charge >= 0.3 is 5.97 Å². The van der Waals surface area contributed by atoms with Crippen LogP contribution in [0.5, 0.6) is 5.75 Å². The van der Waals surface area contributed by atoms with Gasteiger partial charge in [-0.2, -0.15) is 0 Å². The Bertz CT molecular complexity index is 436. The van der Waals surface area contributed by atoms with E-state index in [0.717, 1.165) is 31.7 Å². The van der Waals surface area contributed by atoms with E-state index in [-0.39, 0.29) is 6.10 Å². The second-order valence-corrected chi connectivity index (χ2v) is 5.74. The number of benzene rings is 1. The van der Waals surface area contributed by atoms with Gasteiger partial charge in [0, 0.05) is 0 Å². The smallest absolute Gasteiger partial charge is 0.335 e. The predicted molar refractivity (Wildman–Crippen MR) is 78.2 cm³/mol. The molecule has 4 heteroatoms. The number of rotatable bonds is 5. The zero-order valence-corrected chi connectivity index (χ0v) is 12.1. The maximum absolute atomic E-state index is 10.8. The van der Waals surface area contributed by atoms with E-state index >= 15 is 0 Å². The van der Waals surface area contributed by atoms with E-state index in [0.29, 0.717) is 17.4 Å².